The van der Waals surface area contributed by atoms with Crippen LogP contribution in [0.1, 0.15) is 28.0 Å². The van der Waals surface area contributed by atoms with E-state index in [0.717, 1.165) is 5.56 Å². The van der Waals surface area contributed by atoms with Crippen LogP contribution in [-0.2, 0) is 16.1 Å². The molecule has 0 bridgehead atoms. The number of imide groups is 1. The van der Waals surface area contributed by atoms with Crippen LogP contribution >= 0.6 is 0 Å². The molecule has 12 nitrogen and oxygen atoms in total. The Balaban J connectivity index is 1.48. The lowest BCUT2D eigenvalue weighted by atomic mass is 9.99. The average molecular weight is 505 g/mol. The number of β-amino-alcohol motifs (C(OH)–C–C–N with tert-alkyl or cyclic N) is 1. The molecule has 3 aliphatic rings. The lowest BCUT2D eigenvalue weighted by molar-refractivity contribution is -0.122. The van der Waals surface area contributed by atoms with Crippen LogP contribution in [0.25, 0.3) is 0 Å². The predicted octanol–water partition coefficient (Wildman–Crippen LogP) is -0.218. The number of aliphatic hydroxyl groups is 1. The zero-order valence-corrected chi connectivity index (χ0v) is 20.0. The highest BCUT2D eigenvalue weighted by atomic mass is 16.5. The number of carbonyl (C=O) groups is 4. The number of ether oxygens (including phenoxy) is 2. The summed E-state index contributed by atoms with van der Waals surface area (Å²) >= 11 is 0. The number of aromatic nitrogens is 1. The van der Waals surface area contributed by atoms with Crippen molar-refractivity contribution in [1.82, 2.24) is 20.5 Å². The number of anilines is 1. The third-order valence-corrected chi connectivity index (χ3v) is 6.40. The molecule has 1 aromatic carbocycles. The maximum atomic E-state index is 13.1. The molecule has 12 heteroatoms. The number of aliphatic hydroxyl groups excluding tert-OH is 1. The molecule has 1 aromatic heterocycles. The normalized spacial score (nSPS) is 22.4. The zero-order chi connectivity index (χ0) is 26.3. The van der Waals surface area contributed by atoms with Crippen LogP contribution in [0.2, 0.25) is 0 Å². The Hall–Kier alpha value is -4.63. The average Bonchev–Trinajstić information content (AvgIpc) is 3.48. The van der Waals surface area contributed by atoms with E-state index >= 15 is 0 Å². The van der Waals surface area contributed by atoms with E-state index in [1.165, 1.54) is 24.0 Å². The molecule has 2 unspecified atom stereocenters. The van der Waals surface area contributed by atoms with Crippen molar-refractivity contribution in [1.29, 1.82) is 0 Å². The second kappa shape index (κ2) is 9.11. The summed E-state index contributed by atoms with van der Waals surface area (Å²) in [5.41, 5.74) is -0.433. The number of rotatable bonds is 5. The summed E-state index contributed by atoms with van der Waals surface area (Å²) in [5.74, 6) is 5.34. The Labute approximate surface area is 211 Å². The van der Waals surface area contributed by atoms with Crippen LogP contribution in [0.4, 0.5) is 10.6 Å². The highest BCUT2D eigenvalue weighted by Crippen LogP contribution is 2.29. The number of nitrogens with one attached hydrogen (secondary N) is 2. The van der Waals surface area contributed by atoms with Crippen molar-refractivity contribution < 1.29 is 33.8 Å². The van der Waals surface area contributed by atoms with Gasteiger partial charge in [0.15, 0.2) is 11.4 Å². The number of fused-ring (bicyclic) bond motifs is 1. The number of amides is 5. The maximum absolute atomic E-state index is 13.1. The SMILES string of the molecule is COc1ccc2c(c1)C(=O)N(CC1(C#Cc3nc(N4CC(O)CC4=O)ccc3OC)NC(=O)NC1=O)C2. The summed E-state index contributed by atoms with van der Waals surface area (Å²) in [6.45, 7) is 0.100. The lowest BCUT2D eigenvalue weighted by Crippen LogP contribution is -2.54. The number of methoxy groups -OCH3 is 2. The van der Waals surface area contributed by atoms with Gasteiger partial charge in [0.2, 0.25) is 11.4 Å². The molecule has 0 saturated carbocycles. The largest absolute Gasteiger partial charge is 0.497 e. The second-order valence-corrected chi connectivity index (χ2v) is 8.83. The molecule has 0 radical (unpaired) electrons. The summed E-state index contributed by atoms with van der Waals surface area (Å²) in [6.07, 6.45) is -0.809. The van der Waals surface area contributed by atoms with Crippen LogP contribution in [-0.4, -0.2) is 77.7 Å². The molecule has 5 amide bonds. The number of benzene rings is 1. The third-order valence-electron chi connectivity index (χ3n) is 6.40. The summed E-state index contributed by atoms with van der Waals surface area (Å²) in [6, 6.07) is 7.53. The Bertz CT molecular complexity index is 1400. The maximum Gasteiger partial charge on any atom is 0.323 e. The molecule has 3 aliphatic heterocycles. The van der Waals surface area contributed by atoms with Crippen molar-refractivity contribution in [3.8, 4) is 23.3 Å². The van der Waals surface area contributed by atoms with Crippen molar-refractivity contribution in [2.24, 2.45) is 0 Å². The number of carbonyl (C=O) groups excluding carboxylic acids is 4. The molecule has 2 saturated heterocycles. The van der Waals surface area contributed by atoms with Crippen LogP contribution in [0, 0.1) is 11.8 Å². The standard InChI is InChI=1S/C25H23N5O7/c1-36-16-4-3-14-11-29(22(33)17(14)10-16)13-25(23(34)27-24(35)28-25)8-7-18-19(37-2)5-6-20(26-18)30-12-15(31)9-21(30)32/h3-6,10,15,31H,9,11-13H2,1-2H3,(H2,27,28,34,35). The second-order valence-electron chi connectivity index (χ2n) is 8.83. The van der Waals surface area contributed by atoms with E-state index in [2.05, 4.69) is 27.5 Å². The van der Waals surface area contributed by atoms with Crippen molar-refractivity contribution in [3.05, 3.63) is 47.2 Å². The minimum atomic E-state index is -1.75. The first kappa shape index (κ1) is 24.1. The first-order valence-electron chi connectivity index (χ1n) is 11.4. The van der Waals surface area contributed by atoms with Gasteiger partial charge in [-0.2, -0.15) is 0 Å². The molecule has 37 heavy (non-hydrogen) atoms. The van der Waals surface area contributed by atoms with Gasteiger partial charge in [-0.15, -0.1) is 0 Å². The Morgan fingerprint density at radius 2 is 1.97 bits per heavy atom. The molecule has 5 rings (SSSR count). The minimum Gasteiger partial charge on any atom is -0.497 e. The van der Waals surface area contributed by atoms with Gasteiger partial charge in [-0.1, -0.05) is 12.0 Å². The van der Waals surface area contributed by atoms with Crippen LogP contribution in [0.3, 0.4) is 0 Å². The van der Waals surface area contributed by atoms with Crippen LogP contribution in [0.15, 0.2) is 30.3 Å². The Kier molecular flexibility index (Phi) is 5.93. The van der Waals surface area contributed by atoms with Crippen LogP contribution in [0.5, 0.6) is 11.5 Å². The molecule has 190 valence electrons. The number of hydrogen-bond acceptors (Lipinski definition) is 8. The summed E-state index contributed by atoms with van der Waals surface area (Å²) in [4.78, 5) is 57.5. The highest BCUT2D eigenvalue weighted by molar-refractivity contribution is 6.10. The minimum absolute atomic E-state index is 0.0117. The van der Waals surface area contributed by atoms with Gasteiger partial charge in [0.25, 0.3) is 11.8 Å². The molecule has 2 atom stereocenters. The molecule has 2 aromatic rings. The van der Waals surface area contributed by atoms with Crippen LogP contribution < -0.4 is 25.0 Å². The van der Waals surface area contributed by atoms with E-state index in [-0.39, 0.29) is 55.1 Å². The Morgan fingerprint density at radius 3 is 2.62 bits per heavy atom. The smallest absolute Gasteiger partial charge is 0.323 e. The summed E-state index contributed by atoms with van der Waals surface area (Å²) < 4.78 is 10.5. The van der Waals surface area contributed by atoms with Crippen molar-refractivity contribution >= 4 is 29.6 Å². The van der Waals surface area contributed by atoms with E-state index in [9.17, 15) is 24.3 Å². The van der Waals surface area contributed by atoms with E-state index < -0.39 is 23.6 Å². The van der Waals surface area contributed by atoms with Gasteiger partial charge in [0.05, 0.1) is 39.8 Å². The van der Waals surface area contributed by atoms with E-state index in [4.69, 9.17) is 9.47 Å². The fraction of sp³-hybridized carbons (Fsp3) is 0.320. The summed E-state index contributed by atoms with van der Waals surface area (Å²) in [7, 11) is 2.92. The number of nitrogens with zero attached hydrogens (tertiary/aromatic N) is 3. The van der Waals surface area contributed by atoms with Crippen molar-refractivity contribution in [3.63, 3.8) is 0 Å². The van der Waals surface area contributed by atoms with E-state index in [1.807, 2.05) is 0 Å². The van der Waals surface area contributed by atoms with E-state index in [0.29, 0.717) is 11.3 Å². The highest BCUT2D eigenvalue weighted by Gasteiger charge is 2.48. The van der Waals surface area contributed by atoms with Gasteiger partial charge in [-0.3, -0.25) is 24.6 Å². The molecular weight excluding hydrogens is 482 g/mol. The van der Waals surface area contributed by atoms with Gasteiger partial charge in [-0.25, -0.2) is 9.78 Å². The molecule has 0 aliphatic carbocycles. The van der Waals surface area contributed by atoms with Gasteiger partial charge in [0.1, 0.15) is 11.6 Å². The number of hydrogen-bond donors (Lipinski definition) is 3. The first-order valence-corrected chi connectivity index (χ1v) is 11.4. The quantitative estimate of drug-likeness (QED) is 0.373. The molecule has 3 N–H and O–H groups in total. The molecule has 0 spiro atoms. The van der Waals surface area contributed by atoms with Crippen molar-refractivity contribution in [2.75, 3.05) is 32.2 Å². The number of urea groups is 1. The fourth-order valence-electron chi connectivity index (χ4n) is 4.53. The van der Waals surface area contributed by atoms with Gasteiger partial charge < -0.3 is 24.8 Å². The zero-order valence-electron chi connectivity index (χ0n) is 20.0. The van der Waals surface area contributed by atoms with E-state index in [1.54, 1.807) is 30.3 Å². The predicted molar refractivity (Wildman–Crippen MR) is 128 cm³/mol. The first-order chi connectivity index (χ1) is 17.7. The van der Waals surface area contributed by atoms with Gasteiger partial charge >= 0.3 is 6.03 Å². The Morgan fingerprint density at radius 1 is 1.16 bits per heavy atom. The topological polar surface area (TPSA) is 150 Å². The molecule has 4 heterocycles. The van der Waals surface area contributed by atoms with Gasteiger partial charge in [0, 0.05) is 12.1 Å². The van der Waals surface area contributed by atoms with Gasteiger partial charge in [-0.05, 0) is 35.7 Å². The fourth-order valence-corrected chi connectivity index (χ4v) is 4.53. The number of pyridine rings is 1. The molecular formula is C25H23N5O7. The third kappa shape index (κ3) is 4.30. The monoisotopic (exact) mass is 505 g/mol. The molecule has 2 fully saturated rings. The lowest BCUT2D eigenvalue weighted by Gasteiger charge is -2.26. The summed E-state index contributed by atoms with van der Waals surface area (Å²) in [5, 5.41) is 14.6. The van der Waals surface area contributed by atoms with Crippen molar-refractivity contribution in [2.45, 2.75) is 24.6 Å².